The van der Waals surface area contributed by atoms with E-state index in [1.165, 1.54) is 5.56 Å². The van der Waals surface area contributed by atoms with E-state index in [2.05, 4.69) is 77.9 Å². The van der Waals surface area contributed by atoms with Crippen LogP contribution in [0.1, 0.15) is 37.0 Å². The molecule has 1 aromatic carbocycles. The molecule has 0 unspecified atom stereocenters. The van der Waals surface area contributed by atoms with Gasteiger partial charge in [0.1, 0.15) is 10.7 Å². The topological polar surface area (TPSA) is 45.8 Å². The van der Waals surface area contributed by atoms with Crippen LogP contribution in [-0.2, 0) is 11.8 Å². The fourth-order valence-electron chi connectivity index (χ4n) is 2.86. The summed E-state index contributed by atoms with van der Waals surface area (Å²) in [5, 5.41) is 1.49. The number of hydrogen-bond donors (Lipinski definition) is 1. The molecule has 0 aliphatic heterocycles. The number of hydrogen-bond acceptors (Lipinski definition) is 3. The molecule has 2 aromatic heterocycles. The Kier molecular flexibility index (Phi) is 4.67. The predicted octanol–water partition coefficient (Wildman–Crippen LogP) is 5.19. The molecule has 0 saturated heterocycles. The number of aryl methyl sites for hydroxylation is 2. The van der Waals surface area contributed by atoms with E-state index in [-0.39, 0.29) is 11.0 Å². The van der Waals surface area contributed by atoms with Crippen molar-refractivity contribution in [1.29, 1.82) is 0 Å². The molecular weight excluding hydrogens is 384 g/mol. The van der Waals surface area contributed by atoms with Gasteiger partial charge in [0.05, 0.1) is 5.39 Å². The van der Waals surface area contributed by atoms with Crippen LogP contribution < -0.4 is 5.56 Å². The van der Waals surface area contributed by atoms with Gasteiger partial charge >= 0.3 is 0 Å². The van der Waals surface area contributed by atoms with Crippen LogP contribution in [0.3, 0.4) is 0 Å². The standard InChI is InChI=1S/C19H21BrN2OS/c1-11-15(12-5-7-13(8-6-12)19(2,3)4)16-17(23)21-14(9-10-20)22-18(16)24-11/h5-8H,9-10H2,1-4H3,(H,21,22,23). The highest BCUT2D eigenvalue weighted by molar-refractivity contribution is 9.09. The third-order valence-corrected chi connectivity index (χ3v) is 5.55. The average molecular weight is 405 g/mol. The van der Waals surface area contributed by atoms with E-state index in [9.17, 15) is 4.79 Å². The molecule has 24 heavy (non-hydrogen) atoms. The van der Waals surface area contributed by atoms with Gasteiger partial charge in [0, 0.05) is 22.2 Å². The summed E-state index contributed by atoms with van der Waals surface area (Å²) < 4.78 is 0. The fraction of sp³-hybridized carbons (Fsp3) is 0.368. The van der Waals surface area contributed by atoms with Crippen LogP contribution in [0.2, 0.25) is 0 Å². The van der Waals surface area contributed by atoms with Crippen LogP contribution in [0.15, 0.2) is 29.1 Å². The van der Waals surface area contributed by atoms with Crippen LogP contribution in [0, 0.1) is 6.92 Å². The molecule has 0 aliphatic rings. The number of aromatic amines is 1. The Morgan fingerprint density at radius 2 is 1.88 bits per heavy atom. The molecule has 0 aliphatic carbocycles. The van der Waals surface area contributed by atoms with Crippen molar-refractivity contribution in [3.05, 3.63) is 50.9 Å². The molecule has 0 spiro atoms. The third-order valence-electron chi connectivity index (χ3n) is 4.16. The first-order valence-electron chi connectivity index (χ1n) is 8.00. The lowest BCUT2D eigenvalue weighted by molar-refractivity contribution is 0.590. The molecule has 2 heterocycles. The van der Waals surface area contributed by atoms with Crippen LogP contribution in [0.5, 0.6) is 0 Å². The van der Waals surface area contributed by atoms with Gasteiger partial charge in [0.25, 0.3) is 5.56 Å². The van der Waals surface area contributed by atoms with Crippen molar-refractivity contribution in [2.45, 2.75) is 39.5 Å². The number of alkyl halides is 1. The van der Waals surface area contributed by atoms with E-state index in [1.807, 2.05) is 0 Å². The van der Waals surface area contributed by atoms with Crippen molar-refractivity contribution < 1.29 is 0 Å². The second-order valence-electron chi connectivity index (χ2n) is 6.99. The zero-order valence-electron chi connectivity index (χ0n) is 14.4. The minimum Gasteiger partial charge on any atom is -0.310 e. The van der Waals surface area contributed by atoms with Crippen molar-refractivity contribution in [3.63, 3.8) is 0 Å². The van der Waals surface area contributed by atoms with E-state index in [0.29, 0.717) is 5.39 Å². The van der Waals surface area contributed by atoms with E-state index >= 15 is 0 Å². The average Bonchev–Trinajstić information content (AvgIpc) is 2.83. The molecule has 0 bridgehead atoms. The maximum atomic E-state index is 12.6. The lowest BCUT2D eigenvalue weighted by Gasteiger charge is -2.19. The molecule has 3 aromatic rings. The van der Waals surface area contributed by atoms with E-state index < -0.39 is 0 Å². The Labute approximate surface area is 154 Å². The summed E-state index contributed by atoms with van der Waals surface area (Å²) in [5.74, 6) is 0.736. The minimum atomic E-state index is -0.0461. The first kappa shape index (κ1) is 17.4. The maximum absolute atomic E-state index is 12.6. The summed E-state index contributed by atoms with van der Waals surface area (Å²) in [7, 11) is 0. The summed E-state index contributed by atoms with van der Waals surface area (Å²) >= 11 is 4.99. The van der Waals surface area contributed by atoms with E-state index in [1.54, 1.807) is 11.3 Å². The first-order valence-corrected chi connectivity index (χ1v) is 9.94. The Hall–Kier alpha value is -1.46. The van der Waals surface area contributed by atoms with Gasteiger partial charge in [-0.2, -0.15) is 0 Å². The van der Waals surface area contributed by atoms with Crippen LogP contribution in [0.25, 0.3) is 21.3 Å². The lowest BCUT2D eigenvalue weighted by atomic mass is 9.86. The van der Waals surface area contributed by atoms with Gasteiger partial charge in [-0.3, -0.25) is 4.79 Å². The molecule has 0 atom stereocenters. The monoisotopic (exact) mass is 404 g/mol. The van der Waals surface area contributed by atoms with Crippen LogP contribution in [-0.4, -0.2) is 15.3 Å². The fourth-order valence-corrected chi connectivity index (χ4v) is 4.30. The second-order valence-corrected chi connectivity index (χ2v) is 8.99. The number of nitrogens with zero attached hydrogens (tertiary/aromatic N) is 1. The summed E-state index contributed by atoms with van der Waals surface area (Å²) in [6.45, 7) is 8.66. The molecule has 3 nitrogen and oxygen atoms in total. The van der Waals surface area contributed by atoms with E-state index in [0.717, 1.165) is 38.4 Å². The summed E-state index contributed by atoms with van der Waals surface area (Å²) in [6, 6.07) is 8.53. The normalized spacial score (nSPS) is 12.0. The lowest BCUT2D eigenvalue weighted by Crippen LogP contribution is -2.12. The van der Waals surface area contributed by atoms with Gasteiger partial charge in [-0.1, -0.05) is 61.0 Å². The smallest absolute Gasteiger partial charge is 0.260 e. The largest absolute Gasteiger partial charge is 0.310 e. The maximum Gasteiger partial charge on any atom is 0.260 e. The summed E-state index contributed by atoms with van der Waals surface area (Å²) in [6.07, 6.45) is 0.720. The highest BCUT2D eigenvalue weighted by atomic mass is 79.9. The van der Waals surface area contributed by atoms with Crippen LogP contribution in [0.4, 0.5) is 0 Å². The van der Waals surface area contributed by atoms with Gasteiger partial charge < -0.3 is 4.98 Å². The number of nitrogens with one attached hydrogen (secondary N) is 1. The van der Waals surface area contributed by atoms with Gasteiger partial charge in [0.15, 0.2) is 0 Å². The third kappa shape index (κ3) is 3.20. The number of halogens is 1. The zero-order valence-corrected chi connectivity index (χ0v) is 16.8. The highest BCUT2D eigenvalue weighted by Gasteiger charge is 2.18. The van der Waals surface area contributed by atoms with Gasteiger partial charge in [-0.05, 0) is 23.5 Å². The predicted molar refractivity (Wildman–Crippen MR) is 107 cm³/mol. The highest BCUT2D eigenvalue weighted by Crippen LogP contribution is 2.36. The van der Waals surface area contributed by atoms with Gasteiger partial charge in [-0.15, -0.1) is 11.3 Å². The van der Waals surface area contributed by atoms with Crippen LogP contribution >= 0.6 is 27.3 Å². The molecular formula is C19H21BrN2OS. The quantitative estimate of drug-likeness (QED) is 0.609. The van der Waals surface area contributed by atoms with E-state index in [4.69, 9.17) is 0 Å². The molecule has 0 radical (unpaired) electrons. The molecule has 3 rings (SSSR count). The first-order chi connectivity index (χ1) is 11.3. The number of aromatic nitrogens is 2. The molecule has 5 heteroatoms. The van der Waals surface area contributed by atoms with Gasteiger partial charge in [-0.25, -0.2) is 4.98 Å². The van der Waals surface area contributed by atoms with Crippen molar-refractivity contribution >= 4 is 37.5 Å². The Morgan fingerprint density at radius 1 is 1.21 bits per heavy atom. The van der Waals surface area contributed by atoms with Crippen molar-refractivity contribution in [3.8, 4) is 11.1 Å². The number of thiophene rings is 1. The molecule has 0 fully saturated rings. The molecule has 0 amide bonds. The Balaban J connectivity index is 2.16. The number of fused-ring (bicyclic) bond motifs is 1. The Morgan fingerprint density at radius 3 is 2.46 bits per heavy atom. The van der Waals surface area contributed by atoms with Crippen molar-refractivity contribution in [1.82, 2.24) is 9.97 Å². The SMILES string of the molecule is Cc1sc2nc(CCBr)[nH]c(=O)c2c1-c1ccc(C(C)(C)C)cc1. The van der Waals surface area contributed by atoms with Crippen molar-refractivity contribution in [2.24, 2.45) is 0 Å². The van der Waals surface area contributed by atoms with Gasteiger partial charge in [0.2, 0.25) is 0 Å². The summed E-state index contributed by atoms with van der Waals surface area (Å²) in [5.41, 5.74) is 3.45. The summed E-state index contributed by atoms with van der Waals surface area (Å²) in [4.78, 5) is 22.1. The molecule has 0 saturated carbocycles. The zero-order chi connectivity index (χ0) is 17.5. The minimum absolute atomic E-state index is 0.0461. The van der Waals surface area contributed by atoms with Crippen molar-refractivity contribution in [2.75, 3.05) is 5.33 Å². The number of benzene rings is 1. The Bertz CT molecular complexity index is 933. The second kappa shape index (κ2) is 6.45. The molecule has 1 N–H and O–H groups in total. The number of H-pyrrole nitrogens is 1. The molecule has 126 valence electrons. The number of rotatable bonds is 3.